The van der Waals surface area contributed by atoms with Crippen molar-refractivity contribution in [3.8, 4) is 0 Å². The lowest BCUT2D eigenvalue weighted by Crippen LogP contribution is -2.45. The summed E-state index contributed by atoms with van der Waals surface area (Å²) >= 11 is 1.58. The number of carbonyl (C=O) groups excluding carboxylic acids is 2. The third kappa shape index (κ3) is 5.30. The van der Waals surface area contributed by atoms with Gasteiger partial charge in [-0.05, 0) is 40.8 Å². The van der Waals surface area contributed by atoms with Gasteiger partial charge in [0.2, 0.25) is 0 Å². The highest BCUT2D eigenvalue weighted by molar-refractivity contribution is 7.98. The average molecular weight is 450 g/mol. The molecule has 1 aliphatic rings. The average Bonchev–Trinajstić information content (AvgIpc) is 2.85. The first-order chi connectivity index (χ1) is 15.7. The summed E-state index contributed by atoms with van der Waals surface area (Å²) in [4.78, 5) is 28.4. The van der Waals surface area contributed by atoms with Gasteiger partial charge < -0.3 is 15.4 Å². The lowest BCUT2D eigenvalue weighted by Gasteiger charge is -2.35. The quantitative estimate of drug-likeness (QED) is 0.444. The molecule has 0 aliphatic carbocycles. The number of hydrogen-bond donors (Lipinski definition) is 2. The molecular formula is C25H27N3O3S. The van der Waals surface area contributed by atoms with Crippen LogP contribution in [0.25, 0.3) is 10.8 Å². The first-order valence-electron chi connectivity index (χ1n) is 10.7. The molecule has 3 aromatic carbocycles. The summed E-state index contributed by atoms with van der Waals surface area (Å²) in [5.41, 5.74) is 1.74. The molecule has 4 rings (SSSR count). The number of carbonyl (C=O) groups is 2. The van der Waals surface area contributed by atoms with Gasteiger partial charge in [0.25, 0.3) is 0 Å². The van der Waals surface area contributed by atoms with E-state index >= 15 is 0 Å². The molecule has 2 N–H and O–H groups in total. The van der Waals surface area contributed by atoms with Crippen molar-refractivity contribution in [2.45, 2.75) is 10.9 Å². The van der Waals surface area contributed by atoms with Crippen molar-refractivity contribution in [2.75, 3.05) is 44.4 Å². The van der Waals surface area contributed by atoms with E-state index in [4.69, 9.17) is 4.74 Å². The van der Waals surface area contributed by atoms with Crippen LogP contribution in [-0.4, -0.2) is 55.8 Å². The van der Waals surface area contributed by atoms with Crippen LogP contribution in [0.2, 0.25) is 0 Å². The van der Waals surface area contributed by atoms with Crippen molar-refractivity contribution in [1.29, 1.82) is 0 Å². The Hall–Kier alpha value is -2.87. The van der Waals surface area contributed by atoms with Gasteiger partial charge >= 0.3 is 11.8 Å². The van der Waals surface area contributed by atoms with Gasteiger partial charge in [-0.1, -0.05) is 48.5 Å². The van der Waals surface area contributed by atoms with E-state index in [9.17, 15) is 9.59 Å². The maximum Gasteiger partial charge on any atom is 0.313 e. The highest BCUT2D eigenvalue weighted by Crippen LogP contribution is 2.28. The summed E-state index contributed by atoms with van der Waals surface area (Å²) in [5, 5.41) is 7.85. The lowest BCUT2D eigenvalue weighted by molar-refractivity contribution is -0.136. The Morgan fingerprint density at radius 3 is 2.56 bits per heavy atom. The number of hydrogen-bond acceptors (Lipinski definition) is 5. The molecule has 0 aromatic heterocycles. The van der Waals surface area contributed by atoms with Gasteiger partial charge in [0.1, 0.15) is 0 Å². The van der Waals surface area contributed by atoms with Gasteiger partial charge in [0, 0.05) is 30.2 Å². The molecule has 166 valence electrons. The zero-order valence-electron chi connectivity index (χ0n) is 18.0. The molecule has 1 atom stereocenters. The first kappa shape index (κ1) is 22.3. The van der Waals surface area contributed by atoms with Crippen LogP contribution in [0.4, 0.5) is 5.69 Å². The monoisotopic (exact) mass is 449 g/mol. The normalized spacial score (nSPS) is 15.3. The van der Waals surface area contributed by atoms with Crippen molar-refractivity contribution in [2.24, 2.45) is 0 Å². The van der Waals surface area contributed by atoms with Crippen LogP contribution in [0.3, 0.4) is 0 Å². The largest absolute Gasteiger partial charge is 0.379 e. The van der Waals surface area contributed by atoms with E-state index < -0.39 is 11.8 Å². The molecule has 0 bridgehead atoms. The smallest absolute Gasteiger partial charge is 0.313 e. The fourth-order valence-electron chi connectivity index (χ4n) is 4.02. The number of ether oxygens (including phenoxy) is 1. The van der Waals surface area contributed by atoms with Gasteiger partial charge in [0.05, 0.1) is 19.3 Å². The van der Waals surface area contributed by atoms with Gasteiger partial charge in [-0.2, -0.15) is 0 Å². The van der Waals surface area contributed by atoms with Crippen LogP contribution < -0.4 is 10.6 Å². The van der Waals surface area contributed by atoms with Gasteiger partial charge in [-0.15, -0.1) is 11.8 Å². The maximum atomic E-state index is 12.6. The van der Waals surface area contributed by atoms with Crippen molar-refractivity contribution in [3.63, 3.8) is 0 Å². The number of anilines is 1. The number of nitrogens with one attached hydrogen (secondary N) is 2. The summed E-state index contributed by atoms with van der Waals surface area (Å²) in [5.74, 6) is -1.31. The van der Waals surface area contributed by atoms with E-state index in [1.807, 2.05) is 42.7 Å². The van der Waals surface area contributed by atoms with E-state index in [1.165, 1.54) is 0 Å². The minimum absolute atomic E-state index is 0.0541. The van der Waals surface area contributed by atoms with Crippen LogP contribution in [0.5, 0.6) is 0 Å². The highest BCUT2D eigenvalue weighted by atomic mass is 32.2. The van der Waals surface area contributed by atoms with Crippen LogP contribution in [0, 0.1) is 0 Å². The molecule has 1 aliphatic heterocycles. The minimum atomic E-state index is -0.665. The Morgan fingerprint density at radius 1 is 1.00 bits per heavy atom. The second-order valence-electron chi connectivity index (χ2n) is 7.63. The first-order valence-corrected chi connectivity index (χ1v) is 11.9. The molecular weight excluding hydrogens is 422 g/mol. The molecule has 1 heterocycles. The number of morpholine rings is 1. The Labute approximate surface area is 192 Å². The molecule has 0 saturated carbocycles. The van der Waals surface area contributed by atoms with Crippen LogP contribution in [0.1, 0.15) is 11.6 Å². The second kappa shape index (κ2) is 10.6. The maximum absolute atomic E-state index is 12.6. The molecule has 7 heteroatoms. The summed E-state index contributed by atoms with van der Waals surface area (Å²) in [6, 6.07) is 21.8. The van der Waals surface area contributed by atoms with Crippen molar-refractivity contribution >= 4 is 40.0 Å². The Bertz CT molecular complexity index is 1090. The van der Waals surface area contributed by atoms with Crippen LogP contribution in [-0.2, 0) is 14.3 Å². The summed E-state index contributed by atoms with van der Waals surface area (Å²) in [6.07, 6.45) is 1.96. The molecule has 32 heavy (non-hydrogen) atoms. The molecule has 0 radical (unpaired) electrons. The summed E-state index contributed by atoms with van der Waals surface area (Å²) in [6.45, 7) is 3.20. The van der Waals surface area contributed by atoms with E-state index in [2.05, 4.69) is 39.8 Å². The number of rotatable bonds is 6. The van der Waals surface area contributed by atoms with Crippen molar-refractivity contribution < 1.29 is 14.3 Å². The van der Waals surface area contributed by atoms with Crippen molar-refractivity contribution in [3.05, 3.63) is 72.3 Å². The number of amides is 2. The number of benzene rings is 3. The third-order valence-electron chi connectivity index (χ3n) is 5.66. The predicted molar refractivity (Wildman–Crippen MR) is 129 cm³/mol. The summed E-state index contributed by atoms with van der Waals surface area (Å²) in [7, 11) is 0. The highest BCUT2D eigenvalue weighted by Gasteiger charge is 2.25. The fraction of sp³-hybridized carbons (Fsp3) is 0.280. The SMILES string of the molecule is CSc1cccc(NC(=O)C(=O)NC[C@@H](c2cccc3ccccc23)N2CCOCC2)c1. The van der Waals surface area contributed by atoms with E-state index in [-0.39, 0.29) is 6.04 Å². The number of fused-ring (bicyclic) bond motifs is 1. The molecule has 0 unspecified atom stereocenters. The molecule has 0 spiro atoms. The Morgan fingerprint density at radius 2 is 1.75 bits per heavy atom. The van der Waals surface area contributed by atoms with Gasteiger partial charge in [-0.25, -0.2) is 0 Å². The topological polar surface area (TPSA) is 70.7 Å². The van der Waals surface area contributed by atoms with Gasteiger partial charge in [0.15, 0.2) is 0 Å². The predicted octanol–water partition coefficient (Wildman–Crippen LogP) is 3.69. The van der Waals surface area contributed by atoms with Crippen LogP contribution >= 0.6 is 11.8 Å². The number of thioether (sulfide) groups is 1. The van der Waals surface area contributed by atoms with E-state index in [0.717, 1.165) is 34.3 Å². The fourth-order valence-corrected chi connectivity index (χ4v) is 4.48. The lowest BCUT2D eigenvalue weighted by atomic mass is 9.97. The van der Waals surface area contributed by atoms with Gasteiger partial charge in [-0.3, -0.25) is 14.5 Å². The standard InChI is InChI=1S/C25H27N3O3S/c1-32-20-9-5-8-19(16-20)27-25(30)24(29)26-17-23(28-12-14-31-15-13-28)22-11-4-7-18-6-2-3-10-21(18)22/h2-11,16,23H,12-15,17H2,1H3,(H,26,29)(H,27,30)/t23-/m0/s1. The number of nitrogens with zero attached hydrogens (tertiary/aromatic N) is 1. The molecule has 3 aromatic rings. The summed E-state index contributed by atoms with van der Waals surface area (Å²) < 4.78 is 5.53. The Balaban J connectivity index is 1.50. The molecule has 1 saturated heterocycles. The third-order valence-corrected chi connectivity index (χ3v) is 6.38. The molecule has 1 fully saturated rings. The zero-order chi connectivity index (χ0) is 22.3. The molecule has 6 nitrogen and oxygen atoms in total. The van der Waals surface area contributed by atoms with E-state index in [0.29, 0.717) is 25.4 Å². The van der Waals surface area contributed by atoms with Crippen LogP contribution in [0.15, 0.2) is 71.6 Å². The van der Waals surface area contributed by atoms with Crippen molar-refractivity contribution in [1.82, 2.24) is 10.2 Å². The Kier molecular flexibility index (Phi) is 7.42. The minimum Gasteiger partial charge on any atom is -0.379 e. The molecule has 2 amide bonds. The second-order valence-corrected chi connectivity index (χ2v) is 8.51. The zero-order valence-corrected chi connectivity index (χ0v) is 18.9. The van der Waals surface area contributed by atoms with E-state index in [1.54, 1.807) is 17.8 Å².